The molecule has 13 heteroatoms. The van der Waals surface area contributed by atoms with Crippen molar-refractivity contribution in [2.75, 3.05) is 26.9 Å². The van der Waals surface area contributed by atoms with Crippen LogP contribution in [0.15, 0.2) is 0 Å². The van der Waals surface area contributed by atoms with Gasteiger partial charge in [0, 0.05) is 44.3 Å². The molecule has 3 saturated carbocycles. The van der Waals surface area contributed by atoms with Crippen LogP contribution >= 0.6 is 0 Å². The van der Waals surface area contributed by atoms with Gasteiger partial charge in [-0.1, -0.05) is 6.92 Å². The summed E-state index contributed by atoms with van der Waals surface area (Å²) in [5.41, 5.74) is 4.10. The third kappa shape index (κ3) is 6.08. The number of carbonyl (C=O) groups is 2. The molecule has 2 heterocycles. The van der Waals surface area contributed by atoms with E-state index in [1.165, 1.54) is 7.11 Å². The smallest absolute Gasteiger partial charge is 0.187 e. The summed E-state index contributed by atoms with van der Waals surface area (Å²) >= 11 is 0. The van der Waals surface area contributed by atoms with Crippen LogP contribution in [0.4, 0.5) is 0 Å². The van der Waals surface area contributed by atoms with E-state index in [4.69, 9.17) is 19.9 Å². The zero-order valence-electron chi connectivity index (χ0n) is 25.1. The molecule has 2 aliphatic heterocycles. The van der Waals surface area contributed by atoms with E-state index in [2.05, 4.69) is 5.32 Å². The number of hydrogen-bond donors (Lipinski definition) is 8. The molecule has 0 spiro atoms. The topological polar surface area (TPSA) is 226 Å². The molecule has 0 bridgehead atoms. The highest BCUT2D eigenvalue weighted by Crippen LogP contribution is 2.51. The van der Waals surface area contributed by atoms with Gasteiger partial charge in [0.2, 0.25) is 0 Å². The number of hydrogen-bond acceptors (Lipinski definition) is 12. The summed E-state index contributed by atoms with van der Waals surface area (Å²) in [6, 6.07) is 0. The first-order chi connectivity index (χ1) is 20.4. The van der Waals surface area contributed by atoms with Gasteiger partial charge in [-0.3, -0.25) is 15.3 Å². The van der Waals surface area contributed by atoms with Crippen molar-refractivity contribution in [3.05, 3.63) is 0 Å². The monoisotopic (exact) mass is 615 g/mol. The molecule has 0 radical (unpaired) electrons. The average molecular weight is 616 g/mol. The summed E-state index contributed by atoms with van der Waals surface area (Å²) in [5.74, 6) is -4.43. The normalized spacial score (nSPS) is 50.7. The molecule has 11 unspecified atom stereocenters. The maximum absolute atomic E-state index is 14.0. The summed E-state index contributed by atoms with van der Waals surface area (Å²) in [5, 5.41) is 67.3. The molecule has 5 fully saturated rings. The van der Waals surface area contributed by atoms with Crippen LogP contribution < -0.4 is 11.1 Å². The van der Waals surface area contributed by atoms with Gasteiger partial charge >= 0.3 is 0 Å². The van der Waals surface area contributed by atoms with Gasteiger partial charge in [-0.15, -0.1) is 0 Å². The van der Waals surface area contributed by atoms with Crippen molar-refractivity contribution >= 4 is 11.6 Å². The lowest BCUT2D eigenvalue weighted by Gasteiger charge is -2.54. The van der Waals surface area contributed by atoms with Gasteiger partial charge in [-0.25, -0.2) is 0 Å². The predicted octanol–water partition coefficient (Wildman–Crippen LogP) is -2.99. The zero-order chi connectivity index (χ0) is 31.2. The van der Waals surface area contributed by atoms with Crippen molar-refractivity contribution in [1.82, 2.24) is 0 Å². The quantitative estimate of drug-likeness (QED) is 0.137. The lowest BCUT2D eigenvalue weighted by atomic mass is 9.53. The molecule has 0 aromatic rings. The van der Waals surface area contributed by atoms with Gasteiger partial charge in [0.05, 0.1) is 43.3 Å². The molecule has 0 aromatic heterocycles. The summed E-state index contributed by atoms with van der Waals surface area (Å²) in [6.07, 6.45) is -5.82. The maximum Gasteiger partial charge on any atom is 0.187 e. The molecule has 0 aromatic carbocycles. The van der Waals surface area contributed by atoms with Crippen molar-refractivity contribution in [3.63, 3.8) is 0 Å². The van der Waals surface area contributed by atoms with Gasteiger partial charge in [0.1, 0.15) is 41.6 Å². The van der Waals surface area contributed by atoms with Gasteiger partial charge in [0.25, 0.3) is 0 Å². The van der Waals surface area contributed by atoms with Gasteiger partial charge in [0.15, 0.2) is 6.29 Å². The van der Waals surface area contributed by atoms with E-state index in [0.717, 1.165) is 19.4 Å². The van der Waals surface area contributed by atoms with Crippen LogP contribution in [0.5, 0.6) is 0 Å². The van der Waals surface area contributed by atoms with Crippen LogP contribution in [0.25, 0.3) is 0 Å². The SMILES string of the molecule is COC1CC(O[C@H]2O[C@H](CO)[C@](O)(CCC3CC[NH2+]C(N)C3)[C@H](O)[C@H]2O)C2C(=O)C3C(O)CC(C)CC3C(=O)C2C1CO. The van der Waals surface area contributed by atoms with E-state index in [0.29, 0.717) is 19.3 Å². The van der Waals surface area contributed by atoms with Crippen LogP contribution in [-0.4, -0.2) is 124 Å². The van der Waals surface area contributed by atoms with E-state index in [1.807, 2.05) is 6.92 Å². The summed E-state index contributed by atoms with van der Waals surface area (Å²) in [7, 11) is 1.45. The van der Waals surface area contributed by atoms with Crippen molar-refractivity contribution in [1.29, 1.82) is 0 Å². The Kier molecular flexibility index (Phi) is 10.3. The van der Waals surface area contributed by atoms with Crippen molar-refractivity contribution in [2.24, 2.45) is 47.2 Å². The minimum absolute atomic E-state index is 0.0404. The molecule has 16 atom stereocenters. The Bertz CT molecular complexity index is 999. The molecule has 246 valence electrons. The van der Waals surface area contributed by atoms with Gasteiger partial charge < -0.3 is 50.2 Å². The number of ketones is 2. The number of piperidine rings is 1. The predicted molar refractivity (Wildman–Crippen MR) is 149 cm³/mol. The largest absolute Gasteiger partial charge is 0.396 e. The van der Waals surface area contributed by atoms with E-state index in [1.54, 1.807) is 0 Å². The Morgan fingerprint density at radius 2 is 1.74 bits per heavy atom. The standard InChI is InChI=1S/C30H50N2O11/c1-13-7-15-22(17(35)8-13)26(37)24-19(10-18(41-2)16(11-33)23(24)25(15)36)42-29-27(38)28(39)30(40,20(12-34)43-29)5-3-14-4-6-32-21(31)9-14/h13-24,27-29,32-35,38-40H,3-12,31H2,1-2H3/p+1/t13?,14?,15?,16?,17?,18?,19?,20-,21?,22?,23?,24?,27-,28-,29+,30-/m1/s1. The summed E-state index contributed by atoms with van der Waals surface area (Å²) in [4.78, 5) is 28.0. The molecule has 5 rings (SSSR count). The third-order valence-corrected chi connectivity index (χ3v) is 11.3. The fourth-order valence-electron chi connectivity index (χ4n) is 8.96. The lowest BCUT2D eigenvalue weighted by Crippen LogP contribution is -2.94. The molecule has 10 N–H and O–H groups in total. The Hall–Kier alpha value is -1.10. The van der Waals surface area contributed by atoms with E-state index in [-0.39, 0.29) is 49.0 Å². The second-order valence-electron chi connectivity index (χ2n) is 13.9. The Morgan fingerprint density at radius 1 is 1.00 bits per heavy atom. The van der Waals surface area contributed by atoms with Crippen molar-refractivity contribution < 1.29 is 59.8 Å². The number of aliphatic hydroxyl groups is 6. The average Bonchev–Trinajstić information content (AvgIpc) is 2.98. The molecule has 3 aliphatic carbocycles. The first-order valence-corrected chi connectivity index (χ1v) is 15.9. The molecule has 13 nitrogen and oxygen atoms in total. The molecular weight excluding hydrogens is 564 g/mol. The Morgan fingerprint density at radius 3 is 2.40 bits per heavy atom. The number of Topliss-reactive ketones (excluding diaryl/α,β-unsaturated/α-hetero) is 2. The number of aliphatic hydroxyl groups excluding tert-OH is 5. The fourth-order valence-corrected chi connectivity index (χ4v) is 8.96. The van der Waals surface area contributed by atoms with Crippen LogP contribution in [0, 0.1) is 41.4 Å². The van der Waals surface area contributed by atoms with Crippen molar-refractivity contribution in [2.45, 2.75) is 107 Å². The maximum atomic E-state index is 14.0. The number of rotatable bonds is 8. The number of quaternary nitrogens is 1. The molecular formula is C30H51N2O11+. The van der Waals surface area contributed by atoms with Gasteiger partial charge in [-0.2, -0.15) is 0 Å². The lowest BCUT2D eigenvalue weighted by molar-refractivity contribution is -0.699. The Labute approximate surface area is 252 Å². The molecule has 0 amide bonds. The Balaban J connectivity index is 1.37. The summed E-state index contributed by atoms with van der Waals surface area (Å²) < 4.78 is 17.8. The zero-order valence-corrected chi connectivity index (χ0v) is 25.1. The van der Waals surface area contributed by atoms with Gasteiger partial charge in [-0.05, 0) is 43.9 Å². The second kappa shape index (κ2) is 13.3. The van der Waals surface area contributed by atoms with E-state index < -0.39 is 84.7 Å². The highest BCUT2D eigenvalue weighted by atomic mass is 16.7. The van der Waals surface area contributed by atoms with Crippen LogP contribution in [0.2, 0.25) is 0 Å². The third-order valence-electron chi connectivity index (χ3n) is 11.3. The number of nitrogens with two attached hydrogens (primary N) is 2. The van der Waals surface area contributed by atoms with Crippen LogP contribution in [-0.2, 0) is 23.8 Å². The molecule has 2 saturated heterocycles. The second-order valence-corrected chi connectivity index (χ2v) is 13.9. The molecule has 43 heavy (non-hydrogen) atoms. The van der Waals surface area contributed by atoms with E-state index >= 15 is 0 Å². The van der Waals surface area contributed by atoms with Crippen LogP contribution in [0.3, 0.4) is 0 Å². The minimum Gasteiger partial charge on any atom is -0.396 e. The summed E-state index contributed by atoms with van der Waals surface area (Å²) in [6.45, 7) is 1.75. The number of carbonyl (C=O) groups excluding carboxylic acids is 2. The first-order valence-electron chi connectivity index (χ1n) is 15.9. The highest BCUT2D eigenvalue weighted by molar-refractivity contribution is 6.00. The van der Waals surface area contributed by atoms with Crippen LogP contribution in [0.1, 0.15) is 51.9 Å². The minimum atomic E-state index is -1.96. The molecule has 5 aliphatic rings. The highest BCUT2D eigenvalue weighted by Gasteiger charge is 2.62. The fraction of sp³-hybridized carbons (Fsp3) is 0.933. The van der Waals surface area contributed by atoms with Crippen molar-refractivity contribution in [3.8, 4) is 0 Å². The number of ether oxygens (including phenoxy) is 3. The van der Waals surface area contributed by atoms with E-state index in [9.17, 15) is 40.2 Å². The number of methoxy groups -OCH3 is 1. The first kappa shape index (κ1) is 33.3. The number of fused-ring (bicyclic) bond motifs is 2.